The number of primary amides is 2. The fourth-order valence-electron chi connectivity index (χ4n) is 3.91. The van der Waals surface area contributed by atoms with Crippen molar-refractivity contribution in [2.45, 2.75) is 62.7 Å². The summed E-state index contributed by atoms with van der Waals surface area (Å²) in [5, 5.41) is 26.2. The highest BCUT2D eigenvalue weighted by Gasteiger charge is 2.32. The number of carbonyl (C=O) groups is 7. The molecule has 41 heavy (non-hydrogen) atoms. The summed E-state index contributed by atoms with van der Waals surface area (Å²) in [5.74, 6) is -7.40. The van der Waals surface area contributed by atoms with Crippen LogP contribution in [-0.4, -0.2) is 80.8 Å². The van der Waals surface area contributed by atoms with Crippen molar-refractivity contribution in [1.82, 2.24) is 20.9 Å². The van der Waals surface area contributed by atoms with Crippen molar-refractivity contribution < 1.29 is 43.8 Å². The number of nitrogens with one attached hydrogen (secondary N) is 4. The molecular formula is C25H33N7O9. The molecule has 4 atom stereocenters. The first-order valence-electron chi connectivity index (χ1n) is 12.5. The Kier molecular flexibility index (Phi) is 11.8. The zero-order chi connectivity index (χ0) is 30.7. The molecule has 2 aromatic rings. The molecule has 4 unspecified atom stereocenters. The standard InChI is InChI=1S/C25H33N7O9/c26-14(5-7-19(27)33)22(37)31-17(9-12-11-29-15-4-2-1-3-13(12)15)23(38)32-18(10-21(35)36)24(39)30-16(25(40)41)6-8-20(28)34/h1-4,11,14,16-18,29H,5-10,26H2,(H2,27,33)(H2,28,34)(H,30,39)(H,31,37)(H,32,38)(H,35,36)(H,40,41). The molecule has 0 aliphatic carbocycles. The van der Waals surface area contributed by atoms with Gasteiger partial charge in [-0.1, -0.05) is 18.2 Å². The smallest absolute Gasteiger partial charge is 0.326 e. The molecule has 0 aliphatic heterocycles. The molecule has 0 spiro atoms. The van der Waals surface area contributed by atoms with Gasteiger partial charge >= 0.3 is 11.9 Å². The lowest BCUT2D eigenvalue weighted by molar-refractivity contribution is -0.144. The minimum absolute atomic E-state index is 0.103. The zero-order valence-corrected chi connectivity index (χ0v) is 21.9. The summed E-state index contributed by atoms with van der Waals surface area (Å²) in [6.07, 6.45) is -0.451. The normalized spacial score (nSPS) is 13.8. The van der Waals surface area contributed by atoms with E-state index in [1.165, 1.54) is 0 Å². The van der Waals surface area contributed by atoms with Crippen molar-refractivity contribution in [3.8, 4) is 0 Å². The van der Waals surface area contributed by atoms with Crippen molar-refractivity contribution in [2.24, 2.45) is 17.2 Å². The van der Waals surface area contributed by atoms with Crippen LogP contribution in [0.3, 0.4) is 0 Å². The van der Waals surface area contributed by atoms with Crippen molar-refractivity contribution in [3.05, 3.63) is 36.0 Å². The van der Waals surface area contributed by atoms with Crippen LogP contribution in [0.25, 0.3) is 10.9 Å². The molecule has 0 bridgehead atoms. The van der Waals surface area contributed by atoms with Crippen LogP contribution >= 0.6 is 0 Å². The van der Waals surface area contributed by atoms with Gasteiger partial charge in [0.15, 0.2) is 0 Å². The van der Waals surface area contributed by atoms with Gasteiger partial charge in [0.1, 0.15) is 18.1 Å². The van der Waals surface area contributed by atoms with E-state index >= 15 is 0 Å². The Morgan fingerprint density at radius 2 is 1.34 bits per heavy atom. The summed E-state index contributed by atoms with van der Waals surface area (Å²) in [6, 6.07) is 1.20. The molecule has 1 aromatic carbocycles. The Bertz CT molecular complexity index is 1310. The van der Waals surface area contributed by atoms with E-state index in [1.54, 1.807) is 30.5 Å². The molecule has 5 amide bonds. The van der Waals surface area contributed by atoms with Crippen LogP contribution in [0.5, 0.6) is 0 Å². The highest BCUT2D eigenvalue weighted by molar-refractivity contribution is 5.96. The second-order valence-corrected chi connectivity index (χ2v) is 9.30. The van der Waals surface area contributed by atoms with E-state index in [-0.39, 0.29) is 32.1 Å². The maximum absolute atomic E-state index is 13.4. The third kappa shape index (κ3) is 10.2. The number of para-hydroxylation sites is 1. The molecule has 222 valence electrons. The molecular weight excluding hydrogens is 542 g/mol. The Morgan fingerprint density at radius 3 is 1.95 bits per heavy atom. The number of hydrogen-bond donors (Lipinski definition) is 9. The number of amides is 5. The van der Waals surface area contributed by atoms with E-state index in [4.69, 9.17) is 17.2 Å². The maximum Gasteiger partial charge on any atom is 0.326 e. The number of aromatic nitrogens is 1. The highest BCUT2D eigenvalue weighted by Crippen LogP contribution is 2.19. The summed E-state index contributed by atoms with van der Waals surface area (Å²) in [6.45, 7) is 0. The predicted molar refractivity (Wildman–Crippen MR) is 143 cm³/mol. The lowest BCUT2D eigenvalue weighted by atomic mass is 10.0. The summed E-state index contributed by atoms with van der Waals surface area (Å²) < 4.78 is 0. The van der Waals surface area contributed by atoms with Gasteiger partial charge in [-0.2, -0.15) is 0 Å². The molecule has 2 rings (SSSR count). The van der Waals surface area contributed by atoms with Gasteiger partial charge in [0.2, 0.25) is 29.5 Å². The van der Waals surface area contributed by atoms with E-state index in [0.717, 1.165) is 10.9 Å². The zero-order valence-electron chi connectivity index (χ0n) is 21.9. The molecule has 1 heterocycles. The average molecular weight is 576 g/mol. The Balaban J connectivity index is 2.29. The summed E-state index contributed by atoms with van der Waals surface area (Å²) >= 11 is 0. The number of carboxylic acids is 2. The van der Waals surface area contributed by atoms with Gasteiger partial charge < -0.3 is 48.3 Å². The first-order valence-corrected chi connectivity index (χ1v) is 12.5. The van der Waals surface area contributed by atoms with Crippen LogP contribution in [0.15, 0.2) is 30.5 Å². The van der Waals surface area contributed by atoms with Gasteiger partial charge in [0.25, 0.3) is 0 Å². The number of hydrogen-bond acceptors (Lipinski definition) is 8. The number of carboxylic acid groups (broad SMARTS) is 2. The number of fused-ring (bicyclic) bond motifs is 1. The Labute approximate surface area is 233 Å². The van der Waals surface area contributed by atoms with Crippen molar-refractivity contribution >= 4 is 52.4 Å². The molecule has 0 saturated carbocycles. The largest absolute Gasteiger partial charge is 0.481 e. The number of nitrogens with two attached hydrogens (primary N) is 3. The van der Waals surface area contributed by atoms with Gasteiger partial charge in [0.05, 0.1) is 12.5 Å². The molecule has 16 heteroatoms. The minimum Gasteiger partial charge on any atom is -0.481 e. The second kappa shape index (κ2) is 15.0. The molecule has 1 aromatic heterocycles. The lowest BCUT2D eigenvalue weighted by Crippen LogP contribution is -2.58. The first-order chi connectivity index (χ1) is 19.3. The minimum atomic E-state index is -1.75. The van der Waals surface area contributed by atoms with Gasteiger partial charge in [-0.25, -0.2) is 4.79 Å². The molecule has 0 fully saturated rings. The molecule has 12 N–H and O–H groups in total. The van der Waals surface area contributed by atoms with Crippen LogP contribution in [0, 0.1) is 0 Å². The number of benzene rings is 1. The van der Waals surface area contributed by atoms with Crippen LogP contribution in [0.4, 0.5) is 0 Å². The number of aliphatic carboxylic acids is 2. The number of rotatable bonds is 17. The fourth-order valence-corrected chi connectivity index (χ4v) is 3.91. The Hall–Kier alpha value is -4.99. The molecule has 16 nitrogen and oxygen atoms in total. The van der Waals surface area contributed by atoms with E-state index in [1.807, 2.05) is 0 Å². The molecule has 0 saturated heterocycles. The van der Waals surface area contributed by atoms with Crippen LogP contribution in [0.2, 0.25) is 0 Å². The van der Waals surface area contributed by atoms with E-state index in [2.05, 4.69) is 20.9 Å². The quantitative estimate of drug-likeness (QED) is 0.0961. The van der Waals surface area contributed by atoms with E-state index < -0.39 is 72.1 Å². The van der Waals surface area contributed by atoms with Crippen molar-refractivity contribution in [1.29, 1.82) is 0 Å². The van der Waals surface area contributed by atoms with E-state index in [9.17, 15) is 43.8 Å². The maximum atomic E-state index is 13.4. The van der Waals surface area contributed by atoms with Gasteiger partial charge in [-0.05, 0) is 24.5 Å². The molecule has 0 aliphatic rings. The van der Waals surface area contributed by atoms with Crippen LogP contribution in [-0.2, 0) is 40.0 Å². The summed E-state index contributed by atoms with van der Waals surface area (Å²) in [4.78, 5) is 87.1. The fraction of sp³-hybridized carbons (Fsp3) is 0.400. The monoisotopic (exact) mass is 575 g/mol. The van der Waals surface area contributed by atoms with Gasteiger partial charge in [-0.3, -0.25) is 28.8 Å². The van der Waals surface area contributed by atoms with Crippen molar-refractivity contribution in [2.75, 3.05) is 0 Å². The highest BCUT2D eigenvalue weighted by atomic mass is 16.4. The number of H-pyrrole nitrogens is 1. The average Bonchev–Trinajstić information content (AvgIpc) is 3.30. The summed E-state index contributed by atoms with van der Waals surface area (Å²) in [5.41, 5.74) is 17.3. The Morgan fingerprint density at radius 1 is 0.780 bits per heavy atom. The van der Waals surface area contributed by atoms with Crippen LogP contribution in [0.1, 0.15) is 37.7 Å². The van der Waals surface area contributed by atoms with Gasteiger partial charge in [0, 0.05) is 36.4 Å². The number of aromatic amines is 1. The SMILES string of the molecule is NC(=O)CCC(N)C(=O)NC(Cc1c[nH]c2ccccc12)C(=O)NC(CC(=O)O)C(=O)NC(CCC(N)=O)C(=O)O. The molecule has 0 radical (unpaired) electrons. The lowest BCUT2D eigenvalue weighted by Gasteiger charge is -2.24. The topological polar surface area (TPSA) is 290 Å². The second-order valence-electron chi connectivity index (χ2n) is 9.30. The van der Waals surface area contributed by atoms with Crippen LogP contribution < -0.4 is 33.2 Å². The third-order valence-corrected chi connectivity index (χ3v) is 6.08. The van der Waals surface area contributed by atoms with Crippen molar-refractivity contribution in [3.63, 3.8) is 0 Å². The number of carbonyl (C=O) groups excluding carboxylic acids is 5. The predicted octanol–water partition coefficient (Wildman–Crippen LogP) is -2.42. The van der Waals surface area contributed by atoms with Gasteiger partial charge in [-0.15, -0.1) is 0 Å². The van der Waals surface area contributed by atoms with E-state index in [0.29, 0.717) is 5.56 Å². The first kappa shape index (κ1) is 32.2. The third-order valence-electron chi connectivity index (χ3n) is 6.08. The summed E-state index contributed by atoms with van der Waals surface area (Å²) in [7, 11) is 0.